The number of carbonyl (C=O) groups is 2. The van der Waals surface area contributed by atoms with Crippen molar-refractivity contribution in [1.82, 2.24) is 49.7 Å². The highest BCUT2D eigenvalue weighted by Crippen LogP contribution is 2.44. The van der Waals surface area contributed by atoms with Crippen LogP contribution >= 0.6 is 70.5 Å². The number of hydrogen-bond acceptors (Lipinski definition) is 16. The number of carbonyl (C=O) groups excluding carboxylic acids is 2. The van der Waals surface area contributed by atoms with Gasteiger partial charge in [0.1, 0.15) is 57.5 Å². The molecule has 4 aromatic heterocycles. The van der Waals surface area contributed by atoms with Gasteiger partial charge in [0.25, 0.3) is 0 Å². The van der Waals surface area contributed by atoms with Gasteiger partial charge in [-0.15, -0.1) is 47.3 Å². The number of hydrogen-bond donors (Lipinski definition) is 3. The molecule has 0 bridgehead atoms. The highest BCUT2D eigenvalue weighted by atomic mass is 79.9. The van der Waals surface area contributed by atoms with E-state index in [2.05, 4.69) is 101 Å². The van der Waals surface area contributed by atoms with Crippen LogP contribution in [-0.2, 0) is 22.4 Å². The molecule has 2 saturated heterocycles. The number of nitrogens with zero attached hydrogens (tertiary/aromatic N) is 12. The highest BCUT2D eigenvalue weighted by Gasteiger charge is 2.30. The third-order valence-corrected chi connectivity index (χ3v) is 13.6. The zero-order chi connectivity index (χ0) is 59.3. The summed E-state index contributed by atoms with van der Waals surface area (Å²) in [7, 11) is 1.38. The molecule has 6 heterocycles. The number of aromatic nitrogens is 8. The van der Waals surface area contributed by atoms with Crippen LogP contribution < -0.4 is 25.2 Å². The molecule has 8 aromatic rings. The maximum absolute atomic E-state index is 16.3. The van der Waals surface area contributed by atoms with Crippen molar-refractivity contribution in [2.75, 3.05) is 93.0 Å². The lowest BCUT2D eigenvalue weighted by Gasteiger charge is -2.35. The fourth-order valence-corrected chi connectivity index (χ4v) is 9.75. The summed E-state index contributed by atoms with van der Waals surface area (Å²) in [4.78, 5) is 66.4. The molecule has 0 aliphatic carbocycles. The Morgan fingerprint density at radius 3 is 1.42 bits per heavy atom. The summed E-state index contributed by atoms with van der Waals surface area (Å²) in [5, 5.41) is 17.1. The first kappa shape index (κ1) is 61.8. The fraction of sp³-hybridized carbons (Fsp3) is 0.236. The molecule has 83 heavy (non-hydrogen) atoms. The molecule has 28 heteroatoms. The number of fused-ring (bicyclic) bond motifs is 2. The van der Waals surface area contributed by atoms with Gasteiger partial charge in [0.2, 0.25) is 23.7 Å². The van der Waals surface area contributed by atoms with Gasteiger partial charge >= 0.3 is 3.18 Å². The molecule has 2 aliphatic heterocycles. The standard InChI is InChI=1S/C28H26ClF2N7O2.C27H24ClF2N7O2.BBr3/c1-3-22(39)37-12-14-38(15-13-37)27-17-16-18(29)23(24-19(30)6-4-7-20(24)40-2)25(31)26(17)35-21(36-27)8-11-34-28-32-9-5-10-33-28;1-2-21(39)36-11-13-37(14-12-36)26-16-15-17(28)22(23-18(29)5-3-6-19(23)38)24(30)25(16)34-20(35-26)7-10-33-27-31-8-4-9-32-27;2-1(3)4/h3-7,9-10,16H,1,8,11-15H2,2H3,(H,32,33,34);2-6,8-9,15,38H,1,7,10-14H2,(H,31,32,33);. The lowest BCUT2D eigenvalue weighted by atomic mass is 10.0. The summed E-state index contributed by atoms with van der Waals surface area (Å²) in [5.41, 5.74) is -0.911. The van der Waals surface area contributed by atoms with Crippen LogP contribution in [-0.4, -0.2) is 142 Å². The molecule has 0 spiro atoms. The summed E-state index contributed by atoms with van der Waals surface area (Å²) in [6.45, 7) is 11.4. The number of benzene rings is 4. The molecule has 2 fully saturated rings. The first-order valence-corrected chi connectivity index (χ1v) is 29.0. The van der Waals surface area contributed by atoms with E-state index in [4.69, 9.17) is 37.9 Å². The van der Waals surface area contributed by atoms with Crippen molar-refractivity contribution in [2.45, 2.75) is 12.8 Å². The van der Waals surface area contributed by atoms with Gasteiger partial charge in [-0.1, -0.05) is 48.5 Å². The number of anilines is 4. The van der Waals surface area contributed by atoms with E-state index in [0.717, 1.165) is 6.07 Å². The van der Waals surface area contributed by atoms with Crippen LogP contribution in [0.4, 0.5) is 41.1 Å². The number of aromatic hydroxyl groups is 1. The summed E-state index contributed by atoms with van der Waals surface area (Å²) < 4.78 is 67.7. The van der Waals surface area contributed by atoms with Gasteiger partial charge in [-0.2, -0.15) is 0 Å². The number of nitrogens with one attached hydrogen (secondary N) is 2. The van der Waals surface area contributed by atoms with Crippen LogP contribution in [0, 0.1) is 23.3 Å². The van der Waals surface area contributed by atoms with Crippen molar-refractivity contribution in [3.63, 3.8) is 0 Å². The monoisotopic (exact) mass is 1360 g/mol. The molecule has 10 rings (SSSR count). The molecule has 2 amide bonds. The topological polar surface area (TPSA) is 204 Å². The molecule has 2 aliphatic rings. The maximum Gasteiger partial charge on any atom is 0.369 e. The predicted molar refractivity (Wildman–Crippen MR) is 327 cm³/mol. The summed E-state index contributed by atoms with van der Waals surface area (Å²) in [5.74, 6) is -1.28. The zero-order valence-corrected chi connectivity index (χ0v) is 50.4. The molecule has 0 saturated carbocycles. The van der Waals surface area contributed by atoms with Crippen LogP contribution in [0.15, 0.2) is 111 Å². The minimum atomic E-state index is -0.873. The molecule has 0 atom stereocenters. The lowest BCUT2D eigenvalue weighted by Crippen LogP contribution is -2.48. The number of halogens is 9. The molecular weight excluding hydrogens is 1320 g/mol. The summed E-state index contributed by atoms with van der Waals surface area (Å²) in [6, 6.07) is 14.4. The third-order valence-electron chi connectivity index (χ3n) is 13.0. The number of amides is 2. The van der Waals surface area contributed by atoms with Gasteiger partial charge in [-0.3, -0.25) is 9.59 Å². The minimum Gasteiger partial charge on any atom is -0.507 e. The zero-order valence-electron chi connectivity index (χ0n) is 44.2. The maximum atomic E-state index is 16.3. The highest BCUT2D eigenvalue weighted by molar-refractivity contribution is 9.69. The summed E-state index contributed by atoms with van der Waals surface area (Å²) >= 11 is 22.4. The average Bonchev–Trinajstić information content (AvgIpc) is 2.22. The Hall–Kier alpha value is -7.26. The Morgan fingerprint density at radius 2 is 1.02 bits per heavy atom. The van der Waals surface area contributed by atoms with Gasteiger partial charge in [-0.05, 0) is 60.7 Å². The molecule has 430 valence electrons. The number of piperazine rings is 2. The van der Waals surface area contributed by atoms with E-state index >= 15 is 8.78 Å². The predicted octanol–water partition coefficient (Wildman–Crippen LogP) is 10.9. The normalized spacial score (nSPS) is 13.1. The number of ether oxygens (including phenoxy) is 1. The fourth-order valence-electron chi connectivity index (χ4n) is 9.18. The summed E-state index contributed by atoms with van der Waals surface area (Å²) in [6.07, 6.45) is 9.64. The van der Waals surface area contributed by atoms with Gasteiger partial charge in [0.05, 0.1) is 28.3 Å². The lowest BCUT2D eigenvalue weighted by molar-refractivity contribution is -0.127. The van der Waals surface area contributed by atoms with Gasteiger partial charge in [0.15, 0.2) is 11.6 Å². The molecule has 0 unspecified atom stereocenters. The van der Waals surface area contributed by atoms with Crippen LogP contribution in [0.1, 0.15) is 11.6 Å². The van der Waals surface area contributed by atoms with Gasteiger partial charge < -0.3 is 40.1 Å². The van der Waals surface area contributed by atoms with E-state index < -0.39 is 29.0 Å². The minimum absolute atomic E-state index is 0.00487. The Morgan fingerprint density at radius 1 is 0.627 bits per heavy atom. The molecule has 4 aromatic carbocycles. The van der Waals surface area contributed by atoms with Crippen LogP contribution in [0.3, 0.4) is 0 Å². The Labute approximate surface area is 509 Å². The van der Waals surface area contributed by atoms with Crippen molar-refractivity contribution in [1.29, 1.82) is 0 Å². The second-order valence-corrected chi connectivity index (χ2v) is 25.3. The van der Waals surface area contributed by atoms with Crippen molar-refractivity contribution in [3.8, 4) is 33.8 Å². The first-order valence-electron chi connectivity index (χ1n) is 25.5. The van der Waals surface area contributed by atoms with Crippen molar-refractivity contribution in [3.05, 3.63) is 156 Å². The largest absolute Gasteiger partial charge is 0.507 e. The van der Waals surface area contributed by atoms with Crippen LogP contribution in [0.5, 0.6) is 11.5 Å². The van der Waals surface area contributed by atoms with Gasteiger partial charge in [-0.25, -0.2) is 57.4 Å². The SMILES string of the molecule is BrB(Br)Br.C=CC(=O)N1CCN(c2nc(CCNc3ncccn3)nc3c(F)c(-c4c(F)cccc4OC)c(Cl)cc23)CC1.C=CC(=O)N1CCN(c2nc(CCNc3ncccn3)nc3c(F)c(-c4c(O)cccc4F)c(Cl)cc23)CC1. The van der Waals surface area contributed by atoms with Crippen molar-refractivity contribution in [2.24, 2.45) is 0 Å². The van der Waals surface area contributed by atoms with Crippen molar-refractivity contribution >= 4 is 131 Å². The van der Waals surface area contributed by atoms with Gasteiger partial charge in [0, 0.05) is 125 Å². The Bertz CT molecular complexity index is 3630. The van der Waals surface area contributed by atoms with E-state index in [1.165, 1.54) is 55.7 Å². The quantitative estimate of drug-likeness (QED) is 0.0496. The van der Waals surface area contributed by atoms with E-state index in [-0.39, 0.29) is 64.1 Å². The van der Waals surface area contributed by atoms with E-state index in [1.807, 2.05) is 9.80 Å². The molecule has 0 radical (unpaired) electrons. The first-order chi connectivity index (χ1) is 40.0. The second-order valence-electron chi connectivity index (χ2n) is 18.0. The van der Waals surface area contributed by atoms with Crippen LogP contribution in [0.2, 0.25) is 10.0 Å². The Kier molecular flexibility index (Phi) is 21.5. The number of methoxy groups -OCH3 is 1. The molecular formula is C55H50BBr3Cl2F4N14O4. The number of phenols is 1. The molecule has 3 N–H and O–H groups in total. The van der Waals surface area contributed by atoms with E-state index in [9.17, 15) is 23.5 Å². The second kappa shape index (κ2) is 28.8. The smallest absolute Gasteiger partial charge is 0.369 e. The number of rotatable bonds is 15. The van der Waals surface area contributed by atoms with Crippen molar-refractivity contribution < 1.29 is 37.0 Å². The third kappa shape index (κ3) is 14.9. The van der Waals surface area contributed by atoms with E-state index in [0.29, 0.717) is 124 Å². The van der Waals surface area contributed by atoms with E-state index in [1.54, 1.807) is 52.8 Å². The average molecular weight is 1370 g/mol. The van der Waals surface area contributed by atoms with Crippen LogP contribution in [0.25, 0.3) is 44.1 Å². The number of phenolic OH excluding ortho intramolecular Hbond substituents is 1. The Balaban J connectivity index is 0.000000204. The molecule has 18 nitrogen and oxygen atoms in total.